The summed E-state index contributed by atoms with van der Waals surface area (Å²) in [5.74, 6) is 0.333. The van der Waals surface area contributed by atoms with Crippen LogP contribution < -0.4 is 20.7 Å². The molecular weight excluding hydrogens is 388 g/mol. The number of hydrogen-bond donors (Lipinski definition) is 3. The van der Waals surface area contributed by atoms with Crippen molar-refractivity contribution >= 4 is 35.2 Å². The molecule has 0 saturated heterocycles. The predicted octanol–water partition coefficient (Wildman–Crippen LogP) is 3.89. The molecule has 9 nitrogen and oxygen atoms in total. The molecule has 9 heteroatoms. The van der Waals surface area contributed by atoms with E-state index in [1.54, 1.807) is 44.2 Å². The number of benzene rings is 2. The monoisotopic (exact) mass is 412 g/mol. The lowest BCUT2D eigenvalue weighted by Crippen LogP contribution is -2.36. The molecule has 158 valence electrons. The molecule has 0 spiro atoms. The molecular formula is C21H24N4O5. The van der Waals surface area contributed by atoms with Crippen molar-refractivity contribution in [3.05, 3.63) is 48.5 Å². The molecule has 0 heterocycles. The van der Waals surface area contributed by atoms with E-state index < -0.39 is 6.09 Å². The van der Waals surface area contributed by atoms with E-state index in [1.807, 2.05) is 18.2 Å². The summed E-state index contributed by atoms with van der Waals surface area (Å²) < 4.78 is 10.6. The van der Waals surface area contributed by atoms with Crippen molar-refractivity contribution in [3.8, 4) is 11.5 Å². The summed E-state index contributed by atoms with van der Waals surface area (Å²) in [5, 5.41) is 8.03. The molecule has 3 amide bonds. The quantitative estimate of drug-likeness (QED) is 0.489. The summed E-state index contributed by atoms with van der Waals surface area (Å²) in [6, 6.07) is 14.1. The number of carbonyl (C=O) groups is 3. The van der Waals surface area contributed by atoms with Crippen molar-refractivity contribution in [1.82, 2.24) is 5.32 Å². The predicted molar refractivity (Wildman–Crippen MR) is 114 cm³/mol. The lowest BCUT2D eigenvalue weighted by Gasteiger charge is -2.16. The van der Waals surface area contributed by atoms with Crippen molar-refractivity contribution in [2.45, 2.75) is 27.2 Å². The Bertz CT molecular complexity index is 928. The van der Waals surface area contributed by atoms with Crippen molar-refractivity contribution < 1.29 is 23.9 Å². The summed E-state index contributed by atoms with van der Waals surface area (Å²) in [4.78, 5) is 38.9. The number of para-hydroxylation sites is 1. The van der Waals surface area contributed by atoms with Crippen molar-refractivity contribution in [3.63, 3.8) is 0 Å². The average Bonchev–Trinajstić information content (AvgIpc) is 2.70. The topological polar surface area (TPSA) is 118 Å². The molecule has 0 radical (unpaired) electrons. The largest absolute Gasteiger partial charge is 0.457 e. The van der Waals surface area contributed by atoms with Gasteiger partial charge in [-0.1, -0.05) is 25.1 Å². The number of hydrogen-bond acceptors (Lipinski definition) is 5. The van der Waals surface area contributed by atoms with E-state index in [2.05, 4.69) is 20.9 Å². The van der Waals surface area contributed by atoms with Crippen LogP contribution in [0.1, 0.15) is 27.2 Å². The minimum absolute atomic E-state index is 0.122. The fourth-order valence-corrected chi connectivity index (χ4v) is 2.30. The molecule has 0 atom stereocenters. The third-order valence-corrected chi connectivity index (χ3v) is 3.58. The number of nitrogens with zero attached hydrogens (tertiary/aromatic N) is 1. The molecule has 0 saturated carbocycles. The van der Waals surface area contributed by atoms with E-state index in [0.29, 0.717) is 22.9 Å². The molecule has 0 aliphatic rings. The maximum Gasteiger partial charge on any atom is 0.436 e. The van der Waals surface area contributed by atoms with Crippen LogP contribution in [0.4, 0.5) is 16.2 Å². The van der Waals surface area contributed by atoms with Crippen LogP contribution in [0.2, 0.25) is 0 Å². The van der Waals surface area contributed by atoms with Crippen LogP contribution in [0.3, 0.4) is 0 Å². The van der Waals surface area contributed by atoms with E-state index in [9.17, 15) is 14.4 Å². The highest BCUT2D eigenvalue weighted by Gasteiger charge is 2.13. The first kappa shape index (κ1) is 22.4. The maximum atomic E-state index is 11.8. The molecule has 2 aromatic rings. The average molecular weight is 412 g/mol. The minimum Gasteiger partial charge on any atom is -0.457 e. The van der Waals surface area contributed by atoms with Gasteiger partial charge in [-0.25, -0.2) is 4.79 Å². The van der Waals surface area contributed by atoms with Crippen LogP contribution in [0.15, 0.2) is 53.5 Å². The van der Waals surface area contributed by atoms with Crippen LogP contribution in [0.5, 0.6) is 11.5 Å². The Kier molecular flexibility index (Phi) is 8.37. The van der Waals surface area contributed by atoms with Gasteiger partial charge in [0.25, 0.3) is 0 Å². The Balaban J connectivity index is 2.32. The number of rotatable bonds is 6. The Labute approximate surface area is 174 Å². The van der Waals surface area contributed by atoms with Gasteiger partial charge in [0.05, 0.1) is 18.0 Å². The lowest BCUT2D eigenvalue weighted by atomic mass is 10.2. The fraction of sp³-hybridized carbons (Fsp3) is 0.238. The van der Waals surface area contributed by atoms with Crippen molar-refractivity contribution in [1.29, 1.82) is 0 Å². The Morgan fingerprint density at radius 1 is 0.933 bits per heavy atom. The van der Waals surface area contributed by atoms with E-state index in [-0.39, 0.29) is 30.8 Å². The molecule has 0 aliphatic heterocycles. The first-order valence-corrected chi connectivity index (χ1v) is 9.38. The van der Waals surface area contributed by atoms with Crippen LogP contribution in [0.25, 0.3) is 0 Å². The van der Waals surface area contributed by atoms with Crippen LogP contribution in [-0.4, -0.2) is 30.5 Å². The molecule has 0 unspecified atom stereocenters. The third-order valence-electron chi connectivity index (χ3n) is 3.58. The number of guanidine groups is 1. The number of carbonyl (C=O) groups excluding carboxylic acids is 3. The number of nitrogens with one attached hydrogen (secondary N) is 3. The van der Waals surface area contributed by atoms with E-state index in [0.717, 1.165) is 0 Å². The number of ether oxygens (including phenoxy) is 2. The number of amides is 3. The lowest BCUT2D eigenvalue weighted by molar-refractivity contribution is -0.119. The van der Waals surface area contributed by atoms with Gasteiger partial charge in [-0.2, -0.15) is 0 Å². The van der Waals surface area contributed by atoms with Gasteiger partial charge in [0.1, 0.15) is 11.5 Å². The zero-order valence-corrected chi connectivity index (χ0v) is 17.0. The SMILES string of the molecule is CCOC(=O)N=C(NC(=O)CC)Nc1ccc(Oc2ccccc2)cc1NC(C)=O. The van der Waals surface area contributed by atoms with Crippen molar-refractivity contribution in [2.24, 2.45) is 4.99 Å². The van der Waals surface area contributed by atoms with Gasteiger partial charge in [0, 0.05) is 19.4 Å². The van der Waals surface area contributed by atoms with Gasteiger partial charge in [0.15, 0.2) is 0 Å². The molecule has 0 bridgehead atoms. The van der Waals surface area contributed by atoms with Crippen LogP contribution >= 0.6 is 0 Å². The van der Waals surface area contributed by atoms with Gasteiger partial charge >= 0.3 is 6.09 Å². The second kappa shape index (κ2) is 11.2. The molecule has 2 rings (SSSR count). The maximum absolute atomic E-state index is 11.8. The van der Waals surface area contributed by atoms with E-state index >= 15 is 0 Å². The zero-order chi connectivity index (χ0) is 21.9. The highest BCUT2D eigenvalue weighted by Crippen LogP contribution is 2.30. The van der Waals surface area contributed by atoms with E-state index in [4.69, 9.17) is 9.47 Å². The Hall–Kier alpha value is -3.88. The minimum atomic E-state index is -0.860. The van der Waals surface area contributed by atoms with Gasteiger partial charge in [-0.3, -0.25) is 14.9 Å². The molecule has 30 heavy (non-hydrogen) atoms. The highest BCUT2D eigenvalue weighted by atomic mass is 16.5. The fourth-order valence-electron chi connectivity index (χ4n) is 2.30. The molecule has 0 fully saturated rings. The summed E-state index contributed by atoms with van der Waals surface area (Å²) in [5.41, 5.74) is 0.767. The standard InChI is InChI=1S/C21H24N4O5/c1-4-19(27)24-20(25-21(28)29-5-2)23-17-12-11-16(13-18(17)22-14(3)26)30-15-9-7-6-8-10-15/h6-13H,4-5H2,1-3H3,(H,22,26)(H2,23,24,25,27,28). The smallest absolute Gasteiger partial charge is 0.436 e. The summed E-state index contributed by atoms with van der Waals surface area (Å²) in [6.45, 7) is 4.81. The van der Waals surface area contributed by atoms with Crippen LogP contribution in [-0.2, 0) is 14.3 Å². The molecule has 0 aromatic heterocycles. The van der Waals surface area contributed by atoms with Gasteiger partial charge in [-0.05, 0) is 31.2 Å². The normalized spacial score (nSPS) is 10.7. The first-order chi connectivity index (χ1) is 14.4. The summed E-state index contributed by atoms with van der Waals surface area (Å²) in [6.07, 6.45) is -0.673. The Morgan fingerprint density at radius 2 is 1.67 bits per heavy atom. The number of anilines is 2. The van der Waals surface area contributed by atoms with Gasteiger partial charge in [-0.15, -0.1) is 4.99 Å². The second-order valence-corrected chi connectivity index (χ2v) is 5.99. The zero-order valence-electron chi connectivity index (χ0n) is 17.0. The second-order valence-electron chi connectivity index (χ2n) is 5.99. The van der Waals surface area contributed by atoms with Gasteiger partial charge in [0.2, 0.25) is 17.8 Å². The van der Waals surface area contributed by atoms with E-state index in [1.165, 1.54) is 6.92 Å². The summed E-state index contributed by atoms with van der Waals surface area (Å²) in [7, 11) is 0. The first-order valence-electron chi connectivity index (χ1n) is 9.38. The van der Waals surface area contributed by atoms with Gasteiger partial charge < -0.3 is 20.1 Å². The van der Waals surface area contributed by atoms with Crippen molar-refractivity contribution in [2.75, 3.05) is 17.2 Å². The molecule has 0 aliphatic carbocycles. The molecule has 3 N–H and O–H groups in total. The summed E-state index contributed by atoms with van der Waals surface area (Å²) >= 11 is 0. The third kappa shape index (κ3) is 7.27. The highest BCUT2D eigenvalue weighted by molar-refractivity contribution is 6.09. The molecule has 2 aromatic carbocycles. The number of aliphatic imine (C=N–C) groups is 1. The van der Waals surface area contributed by atoms with Crippen LogP contribution in [0, 0.1) is 0 Å². The Morgan fingerprint density at radius 3 is 2.30 bits per heavy atom.